The van der Waals surface area contributed by atoms with Crippen molar-refractivity contribution in [3.63, 3.8) is 0 Å². The minimum absolute atomic E-state index is 0.0957. The van der Waals surface area contributed by atoms with Crippen molar-refractivity contribution in [1.29, 1.82) is 0 Å². The van der Waals surface area contributed by atoms with Crippen LogP contribution in [-0.2, 0) is 4.79 Å². The first-order valence-corrected chi connectivity index (χ1v) is 6.56. The number of β-lactam (4-membered cyclic amide) rings is 1. The average Bonchev–Trinajstić information content (AvgIpc) is 2.44. The van der Waals surface area contributed by atoms with Gasteiger partial charge in [0.05, 0.1) is 12.0 Å². The van der Waals surface area contributed by atoms with E-state index in [0.717, 1.165) is 11.3 Å². The van der Waals surface area contributed by atoms with Gasteiger partial charge in [-0.15, -0.1) is 9.24 Å². The Balaban J connectivity index is 2.30. The molecule has 0 spiro atoms. The van der Waals surface area contributed by atoms with Gasteiger partial charge in [0.1, 0.15) is 6.61 Å². The summed E-state index contributed by atoms with van der Waals surface area (Å²) in [6, 6.07) is 0.262. The van der Waals surface area contributed by atoms with Crippen LogP contribution in [0.4, 0.5) is 0 Å². The summed E-state index contributed by atoms with van der Waals surface area (Å²) in [5.41, 5.74) is 2.27. The Labute approximate surface area is 104 Å². The molecule has 0 aromatic carbocycles. The number of allylic oxidation sites excluding steroid dienone is 1. The van der Waals surface area contributed by atoms with E-state index < -0.39 is 0 Å². The molecule has 4 heteroatoms. The number of amides is 1. The summed E-state index contributed by atoms with van der Waals surface area (Å²) in [6.07, 6.45) is 0. The molecule has 0 saturated carbocycles. The third-order valence-corrected chi connectivity index (χ3v) is 4.19. The molecule has 1 unspecified atom stereocenters. The highest BCUT2D eigenvalue weighted by Gasteiger charge is 2.56. The molecule has 2 aliphatic rings. The maximum absolute atomic E-state index is 12.0. The van der Waals surface area contributed by atoms with Crippen LogP contribution < -0.4 is 0 Å². The van der Waals surface area contributed by atoms with E-state index in [9.17, 15) is 4.79 Å². The molecule has 3 nitrogen and oxygen atoms in total. The highest BCUT2D eigenvalue weighted by Crippen LogP contribution is 2.47. The summed E-state index contributed by atoms with van der Waals surface area (Å²) in [4.78, 5) is 13.9. The molecule has 0 aromatic heterocycles. The summed E-state index contributed by atoms with van der Waals surface area (Å²) in [6.45, 7) is 5.98. The minimum atomic E-state index is -0.133. The molecule has 17 heavy (non-hydrogen) atoms. The monoisotopic (exact) mass is 251 g/mol. The maximum Gasteiger partial charge on any atom is 0.232 e. The quantitative estimate of drug-likeness (QED) is 0.429. The van der Waals surface area contributed by atoms with E-state index in [1.807, 2.05) is 11.8 Å². The van der Waals surface area contributed by atoms with Gasteiger partial charge in [-0.3, -0.25) is 4.79 Å². The summed E-state index contributed by atoms with van der Waals surface area (Å²) in [7, 11) is 2.72. The first-order valence-electron chi connectivity index (χ1n) is 5.89. The van der Waals surface area contributed by atoms with Crippen molar-refractivity contribution in [2.45, 2.75) is 32.5 Å². The molecule has 1 amide bonds. The van der Waals surface area contributed by atoms with Crippen LogP contribution >= 0.6 is 9.24 Å². The van der Waals surface area contributed by atoms with Gasteiger partial charge in [0.2, 0.25) is 5.91 Å². The predicted molar refractivity (Wildman–Crippen MR) is 70.0 cm³/mol. The summed E-state index contributed by atoms with van der Waals surface area (Å²) in [5.74, 6) is 6.26. The number of carbonyl (C=O) groups is 1. The Bertz CT molecular complexity index is 444. The maximum atomic E-state index is 12.0. The Hall–Kier alpha value is -0.840. The van der Waals surface area contributed by atoms with Crippen molar-refractivity contribution in [3.05, 3.63) is 11.3 Å². The Kier molecular flexibility index (Phi) is 3.30. The standard InChI is InChI=1S/C13H18NO2P/c1-7-10(5-4-6-15)8(2)14-12(7)11(9(3)17)13(14)16/h7,9,11-12,15H,6,17H2,1-3H3/t7-,9+,11+,12+/m0/s1. The molecular formula is C13H18NO2P. The van der Waals surface area contributed by atoms with Gasteiger partial charge in [-0.2, -0.15) is 0 Å². The summed E-state index contributed by atoms with van der Waals surface area (Å²) >= 11 is 0. The normalized spacial score (nSPS) is 32.9. The second kappa shape index (κ2) is 4.44. The summed E-state index contributed by atoms with van der Waals surface area (Å²) < 4.78 is 0. The zero-order chi connectivity index (χ0) is 12.7. The minimum Gasteiger partial charge on any atom is -0.384 e. The fraction of sp³-hybridized carbons (Fsp3) is 0.615. The molecule has 0 aromatic rings. The van der Waals surface area contributed by atoms with E-state index >= 15 is 0 Å². The first-order chi connectivity index (χ1) is 8.00. The SMILES string of the molecule is CC1=C(C#CCO)[C@H](C)[C@@H]2[C@@H]([C@@H](C)P)C(=O)N12. The van der Waals surface area contributed by atoms with Gasteiger partial charge in [-0.05, 0) is 12.6 Å². The van der Waals surface area contributed by atoms with Gasteiger partial charge >= 0.3 is 0 Å². The molecule has 2 heterocycles. The highest BCUT2D eigenvalue weighted by atomic mass is 31.0. The van der Waals surface area contributed by atoms with Crippen LogP contribution in [0.3, 0.4) is 0 Å². The second-order valence-corrected chi connectivity index (χ2v) is 5.88. The van der Waals surface area contributed by atoms with Crippen LogP contribution in [0.1, 0.15) is 20.8 Å². The van der Waals surface area contributed by atoms with E-state index in [1.165, 1.54) is 0 Å². The molecule has 2 rings (SSSR count). The first kappa shape index (κ1) is 12.6. The highest BCUT2D eigenvalue weighted by molar-refractivity contribution is 7.17. The molecule has 1 saturated heterocycles. The van der Waals surface area contributed by atoms with Crippen LogP contribution in [-0.4, -0.2) is 34.2 Å². The lowest BCUT2D eigenvalue weighted by Gasteiger charge is -2.47. The fourth-order valence-corrected chi connectivity index (χ4v) is 3.35. The van der Waals surface area contributed by atoms with E-state index in [2.05, 4.69) is 34.9 Å². The molecule has 2 aliphatic heterocycles. The summed E-state index contributed by atoms with van der Waals surface area (Å²) in [5, 5.41) is 8.76. The fourth-order valence-electron chi connectivity index (χ4n) is 2.96. The number of nitrogens with zero attached hydrogens (tertiary/aromatic N) is 1. The van der Waals surface area contributed by atoms with Crippen molar-refractivity contribution >= 4 is 15.1 Å². The molecule has 0 bridgehead atoms. The average molecular weight is 251 g/mol. The molecular weight excluding hydrogens is 233 g/mol. The third-order valence-electron chi connectivity index (χ3n) is 3.78. The molecule has 92 valence electrons. The number of fused-ring (bicyclic) bond motifs is 1. The Morgan fingerprint density at radius 2 is 2.24 bits per heavy atom. The van der Waals surface area contributed by atoms with E-state index in [4.69, 9.17) is 5.11 Å². The largest absolute Gasteiger partial charge is 0.384 e. The van der Waals surface area contributed by atoms with Gasteiger partial charge in [-0.25, -0.2) is 0 Å². The molecule has 0 aliphatic carbocycles. The van der Waals surface area contributed by atoms with Gasteiger partial charge in [0.25, 0.3) is 0 Å². The molecule has 5 atom stereocenters. The Morgan fingerprint density at radius 1 is 1.59 bits per heavy atom. The lowest BCUT2D eigenvalue weighted by molar-refractivity contribution is -0.152. The predicted octanol–water partition coefficient (Wildman–Crippen LogP) is 0.996. The van der Waals surface area contributed by atoms with Gasteiger partial charge < -0.3 is 10.0 Å². The zero-order valence-corrected chi connectivity index (χ0v) is 11.6. The molecule has 1 fully saturated rings. The number of aliphatic hydroxyl groups excluding tert-OH is 1. The van der Waals surface area contributed by atoms with E-state index in [-0.39, 0.29) is 30.4 Å². The van der Waals surface area contributed by atoms with Crippen LogP contribution in [0, 0.1) is 23.7 Å². The van der Waals surface area contributed by atoms with Crippen molar-refractivity contribution in [1.82, 2.24) is 4.90 Å². The van der Waals surface area contributed by atoms with Gasteiger partial charge in [-0.1, -0.05) is 25.7 Å². The molecule has 0 radical (unpaired) electrons. The number of aliphatic hydroxyl groups is 1. The van der Waals surface area contributed by atoms with Gasteiger partial charge in [0, 0.05) is 17.2 Å². The second-order valence-electron chi connectivity index (χ2n) is 4.83. The van der Waals surface area contributed by atoms with Crippen LogP contribution in [0.5, 0.6) is 0 Å². The number of hydrogen-bond donors (Lipinski definition) is 1. The number of hydrogen-bond acceptors (Lipinski definition) is 2. The van der Waals surface area contributed by atoms with Gasteiger partial charge in [0.15, 0.2) is 0 Å². The van der Waals surface area contributed by atoms with Crippen LogP contribution in [0.2, 0.25) is 0 Å². The van der Waals surface area contributed by atoms with Crippen molar-refractivity contribution in [2.24, 2.45) is 11.8 Å². The van der Waals surface area contributed by atoms with Crippen LogP contribution in [0.25, 0.3) is 0 Å². The topological polar surface area (TPSA) is 40.5 Å². The lowest BCUT2D eigenvalue weighted by atomic mass is 9.79. The number of rotatable bonds is 1. The van der Waals surface area contributed by atoms with Crippen molar-refractivity contribution in [2.75, 3.05) is 6.61 Å². The van der Waals surface area contributed by atoms with Crippen molar-refractivity contribution in [3.8, 4) is 11.8 Å². The molecule has 1 N–H and O–H groups in total. The van der Waals surface area contributed by atoms with E-state index in [0.29, 0.717) is 5.66 Å². The number of carbonyl (C=O) groups excluding carboxylic acids is 1. The van der Waals surface area contributed by atoms with Crippen molar-refractivity contribution < 1.29 is 9.90 Å². The lowest BCUT2D eigenvalue weighted by Crippen LogP contribution is -2.61. The smallest absolute Gasteiger partial charge is 0.232 e. The zero-order valence-electron chi connectivity index (χ0n) is 10.4. The third kappa shape index (κ3) is 1.71. The van der Waals surface area contributed by atoms with E-state index in [1.54, 1.807) is 0 Å². The van der Waals surface area contributed by atoms with Crippen LogP contribution in [0.15, 0.2) is 11.3 Å². The Morgan fingerprint density at radius 3 is 2.76 bits per heavy atom.